The number of H-pyrrole nitrogens is 1. The number of aryl methyl sites for hydroxylation is 1. The van der Waals surface area contributed by atoms with E-state index in [4.69, 9.17) is 0 Å². The van der Waals surface area contributed by atoms with Crippen molar-refractivity contribution in [2.45, 2.75) is 12.1 Å². The van der Waals surface area contributed by atoms with Crippen LogP contribution in [-0.4, -0.2) is 31.8 Å². The lowest BCUT2D eigenvalue weighted by molar-refractivity contribution is -0.113. The summed E-state index contributed by atoms with van der Waals surface area (Å²) in [6.45, 7) is 1.86. The number of nitrogens with one attached hydrogen (secondary N) is 3. The van der Waals surface area contributed by atoms with Crippen LogP contribution in [0.5, 0.6) is 0 Å². The average molecular weight is 408 g/mol. The number of hydrogen-bond donors (Lipinski definition) is 3. The zero-order chi connectivity index (χ0) is 20.2. The molecule has 0 fully saturated rings. The number of hydrogen-bond acceptors (Lipinski definition) is 6. The quantitative estimate of drug-likeness (QED) is 0.326. The molecule has 9 heteroatoms. The standard InChI is InChI=1S/C20H17FN6OS/c1-12-10-17(27-26-12)24-18(28)11-29-20-23-16-5-3-2-4-15(16)19(25-20)22-14-8-6-13(21)7-9-14/h2-10H,11H2,1H3,(H,22,23,25)(H2,24,26,27,28). The highest BCUT2D eigenvalue weighted by Gasteiger charge is 2.11. The molecule has 0 bridgehead atoms. The number of para-hydroxylation sites is 1. The molecular formula is C20H17FN6OS. The zero-order valence-corrected chi connectivity index (χ0v) is 16.3. The molecule has 2 aromatic heterocycles. The van der Waals surface area contributed by atoms with E-state index >= 15 is 0 Å². The Morgan fingerprint density at radius 1 is 1.14 bits per heavy atom. The molecule has 29 heavy (non-hydrogen) atoms. The molecule has 0 saturated carbocycles. The first kappa shape index (κ1) is 18.9. The SMILES string of the molecule is Cc1cc(NC(=O)CSc2nc(Nc3ccc(F)cc3)c3ccccc3n2)n[nH]1. The maximum atomic E-state index is 13.2. The molecule has 4 aromatic rings. The number of fused-ring (bicyclic) bond motifs is 1. The molecule has 0 aliphatic heterocycles. The van der Waals surface area contributed by atoms with Crippen LogP contribution in [0, 0.1) is 12.7 Å². The lowest BCUT2D eigenvalue weighted by Gasteiger charge is -2.10. The van der Waals surface area contributed by atoms with Crippen molar-refractivity contribution < 1.29 is 9.18 Å². The number of carbonyl (C=O) groups excluding carboxylic acids is 1. The fraction of sp³-hybridized carbons (Fsp3) is 0.100. The predicted molar refractivity (Wildman–Crippen MR) is 112 cm³/mol. The highest BCUT2D eigenvalue weighted by atomic mass is 32.2. The first-order chi connectivity index (χ1) is 14.1. The number of benzene rings is 2. The fourth-order valence-electron chi connectivity index (χ4n) is 2.68. The Morgan fingerprint density at radius 3 is 2.69 bits per heavy atom. The van der Waals surface area contributed by atoms with Crippen LogP contribution in [0.25, 0.3) is 10.9 Å². The molecule has 146 valence electrons. The number of nitrogens with zero attached hydrogens (tertiary/aromatic N) is 3. The third-order valence-electron chi connectivity index (χ3n) is 4.00. The Balaban J connectivity index is 1.53. The molecule has 0 aliphatic carbocycles. The van der Waals surface area contributed by atoms with Gasteiger partial charge in [0.05, 0.1) is 11.3 Å². The maximum absolute atomic E-state index is 13.2. The Morgan fingerprint density at radius 2 is 1.93 bits per heavy atom. The second kappa shape index (κ2) is 8.27. The molecule has 3 N–H and O–H groups in total. The topological polar surface area (TPSA) is 95.6 Å². The first-order valence-electron chi connectivity index (χ1n) is 8.81. The van der Waals surface area contributed by atoms with Gasteiger partial charge in [0.15, 0.2) is 11.0 Å². The lowest BCUT2D eigenvalue weighted by atomic mass is 10.2. The van der Waals surface area contributed by atoms with Crippen molar-refractivity contribution in [2.24, 2.45) is 0 Å². The number of amides is 1. The van der Waals surface area contributed by atoms with Gasteiger partial charge in [-0.1, -0.05) is 23.9 Å². The lowest BCUT2D eigenvalue weighted by Crippen LogP contribution is -2.14. The third-order valence-corrected chi connectivity index (χ3v) is 4.84. The maximum Gasteiger partial charge on any atom is 0.236 e. The average Bonchev–Trinajstić information content (AvgIpc) is 3.12. The molecule has 0 spiro atoms. The van der Waals surface area contributed by atoms with E-state index < -0.39 is 0 Å². The van der Waals surface area contributed by atoms with Crippen molar-refractivity contribution >= 4 is 45.9 Å². The molecule has 0 saturated heterocycles. The molecule has 4 rings (SSSR count). The van der Waals surface area contributed by atoms with Crippen LogP contribution in [0.4, 0.5) is 21.7 Å². The normalized spacial score (nSPS) is 10.8. The summed E-state index contributed by atoms with van der Waals surface area (Å²) in [5, 5.41) is 14.0. The minimum absolute atomic E-state index is 0.139. The molecule has 1 amide bonds. The summed E-state index contributed by atoms with van der Waals surface area (Å²) in [4.78, 5) is 21.2. The minimum atomic E-state index is -0.308. The number of aromatic amines is 1. The molecule has 2 aromatic carbocycles. The van der Waals surface area contributed by atoms with Crippen LogP contribution in [0.15, 0.2) is 59.8 Å². The van der Waals surface area contributed by atoms with Gasteiger partial charge in [0.2, 0.25) is 5.91 Å². The molecule has 7 nitrogen and oxygen atoms in total. The monoisotopic (exact) mass is 408 g/mol. The second-order valence-electron chi connectivity index (χ2n) is 6.28. The van der Waals surface area contributed by atoms with Gasteiger partial charge in [-0.3, -0.25) is 9.89 Å². The molecule has 2 heterocycles. The number of rotatable bonds is 6. The number of carbonyl (C=O) groups is 1. The van der Waals surface area contributed by atoms with Crippen LogP contribution < -0.4 is 10.6 Å². The van der Waals surface area contributed by atoms with Crippen molar-refractivity contribution in [2.75, 3.05) is 16.4 Å². The third kappa shape index (κ3) is 4.69. The molecule has 0 unspecified atom stereocenters. The van der Waals surface area contributed by atoms with Crippen molar-refractivity contribution in [3.63, 3.8) is 0 Å². The second-order valence-corrected chi connectivity index (χ2v) is 7.22. The zero-order valence-electron chi connectivity index (χ0n) is 15.4. The Bertz CT molecular complexity index is 1160. The van der Waals surface area contributed by atoms with E-state index in [1.54, 1.807) is 18.2 Å². The van der Waals surface area contributed by atoms with Crippen LogP contribution >= 0.6 is 11.8 Å². The molecule has 0 radical (unpaired) electrons. The summed E-state index contributed by atoms with van der Waals surface area (Å²) in [6, 6.07) is 15.3. The summed E-state index contributed by atoms with van der Waals surface area (Å²) in [5.41, 5.74) is 2.32. The Kier molecular flexibility index (Phi) is 5.39. The van der Waals surface area contributed by atoms with Gasteiger partial charge >= 0.3 is 0 Å². The smallest absolute Gasteiger partial charge is 0.236 e. The van der Waals surface area contributed by atoms with E-state index in [9.17, 15) is 9.18 Å². The fourth-order valence-corrected chi connectivity index (χ4v) is 3.33. The highest BCUT2D eigenvalue weighted by Crippen LogP contribution is 2.27. The van der Waals surface area contributed by atoms with Crippen LogP contribution in [0.2, 0.25) is 0 Å². The van der Waals surface area contributed by atoms with Gasteiger partial charge in [0.1, 0.15) is 11.6 Å². The van der Waals surface area contributed by atoms with Crippen LogP contribution in [-0.2, 0) is 4.79 Å². The van der Waals surface area contributed by atoms with Gasteiger partial charge in [-0.25, -0.2) is 14.4 Å². The van der Waals surface area contributed by atoms with Gasteiger partial charge in [0.25, 0.3) is 0 Å². The van der Waals surface area contributed by atoms with Gasteiger partial charge < -0.3 is 10.6 Å². The summed E-state index contributed by atoms with van der Waals surface area (Å²) >= 11 is 1.22. The van der Waals surface area contributed by atoms with Crippen molar-refractivity contribution in [3.8, 4) is 0 Å². The van der Waals surface area contributed by atoms with E-state index in [0.717, 1.165) is 16.6 Å². The van der Waals surface area contributed by atoms with Crippen molar-refractivity contribution in [1.29, 1.82) is 0 Å². The van der Waals surface area contributed by atoms with Crippen molar-refractivity contribution in [3.05, 3.63) is 66.1 Å². The van der Waals surface area contributed by atoms with Crippen LogP contribution in [0.1, 0.15) is 5.69 Å². The molecule has 0 aliphatic rings. The van der Waals surface area contributed by atoms with Gasteiger partial charge in [0, 0.05) is 22.8 Å². The predicted octanol–water partition coefficient (Wildman–Crippen LogP) is 4.27. The van der Waals surface area contributed by atoms with E-state index in [0.29, 0.717) is 22.5 Å². The van der Waals surface area contributed by atoms with E-state index in [1.807, 2.05) is 31.2 Å². The van der Waals surface area contributed by atoms with Crippen LogP contribution in [0.3, 0.4) is 0 Å². The summed E-state index contributed by atoms with van der Waals surface area (Å²) in [5.74, 6) is 0.697. The van der Waals surface area contributed by atoms with E-state index in [-0.39, 0.29) is 17.5 Å². The Hall–Kier alpha value is -3.46. The number of thioether (sulfide) groups is 1. The highest BCUT2D eigenvalue weighted by molar-refractivity contribution is 7.99. The Labute approximate surface area is 170 Å². The summed E-state index contributed by atoms with van der Waals surface area (Å²) in [7, 11) is 0. The van der Waals surface area contributed by atoms with E-state index in [1.165, 1.54) is 23.9 Å². The largest absolute Gasteiger partial charge is 0.340 e. The van der Waals surface area contributed by atoms with Gasteiger partial charge in [-0.05, 0) is 43.3 Å². The first-order valence-corrected chi connectivity index (χ1v) is 9.79. The summed E-state index contributed by atoms with van der Waals surface area (Å²) < 4.78 is 13.2. The molecule has 0 atom stereocenters. The number of aromatic nitrogens is 4. The summed E-state index contributed by atoms with van der Waals surface area (Å²) in [6.07, 6.45) is 0. The minimum Gasteiger partial charge on any atom is -0.340 e. The molecular weight excluding hydrogens is 391 g/mol. The van der Waals surface area contributed by atoms with Gasteiger partial charge in [-0.2, -0.15) is 5.10 Å². The van der Waals surface area contributed by atoms with Gasteiger partial charge in [-0.15, -0.1) is 0 Å². The number of anilines is 3. The van der Waals surface area contributed by atoms with Crippen molar-refractivity contribution in [1.82, 2.24) is 20.2 Å². The number of halogens is 1. The van der Waals surface area contributed by atoms with E-state index in [2.05, 4.69) is 30.8 Å².